The number of fused-ring (bicyclic) bond motifs is 1. The van der Waals surface area contributed by atoms with Crippen molar-refractivity contribution in [3.8, 4) is 0 Å². The summed E-state index contributed by atoms with van der Waals surface area (Å²) in [5, 5.41) is 10.5. The zero-order chi connectivity index (χ0) is 12.7. The van der Waals surface area contributed by atoms with Crippen molar-refractivity contribution >= 4 is 23.3 Å². The monoisotopic (exact) mass is 261 g/mol. The van der Waals surface area contributed by atoms with Gasteiger partial charge in [0.1, 0.15) is 0 Å². The molecule has 4 nitrogen and oxygen atoms in total. The predicted molar refractivity (Wildman–Crippen MR) is 69.9 cm³/mol. The Bertz CT molecular complexity index is 603. The Kier molecular flexibility index (Phi) is 2.59. The van der Waals surface area contributed by atoms with E-state index < -0.39 is 0 Å². The standard InChI is InChI=1S/C13H12ClN3O/c1-7-12-10(8-2-4-9(14)5-3-8)6-11(18)15-13(12)17-16-7/h2-5,10H,6H2,1H3,(H2,15,16,17,18). The molecule has 1 aliphatic rings. The van der Waals surface area contributed by atoms with Crippen molar-refractivity contribution in [2.75, 3.05) is 5.32 Å². The first-order valence-electron chi connectivity index (χ1n) is 5.75. The summed E-state index contributed by atoms with van der Waals surface area (Å²) in [6, 6.07) is 7.61. The van der Waals surface area contributed by atoms with Crippen LogP contribution >= 0.6 is 11.6 Å². The van der Waals surface area contributed by atoms with Crippen LogP contribution in [0.3, 0.4) is 0 Å². The van der Waals surface area contributed by atoms with Crippen LogP contribution in [-0.2, 0) is 4.79 Å². The second-order valence-electron chi connectivity index (χ2n) is 4.47. The number of nitrogens with zero attached hydrogens (tertiary/aromatic N) is 1. The third-order valence-electron chi connectivity index (χ3n) is 3.26. The summed E-state index contributed by atoms with van der Waals surface area (Å²) in [6.45, 7) is 1.96. The molecule has 0 saturated carbocycles. The highest BCUT2D eigenvalue weighted by Gasteiger charge is 2.30. The number of carbonyl (C=O) groups excluding carboxylic acids is 1. The molecule has 0 bridgehead atoms. The Morgan fingerprint density at radius 2 is 2.06 bits per heavy atom. The minimum Gasteiger partial charge on any atom is -0.309 e. The molecule has 3 rings (SSSR count). The number of benzene rings is 1. The van der Waals surface area contributed by atoms with Crippen LogP contribution in [0.1, 0.15) is 29.2 Å². The Labute approximate surface area is 109 Å². The number of aromatic nitrogens is 2. The minimum absolute atomic E-state index is 0.00560. The van der Waals surface area contributed by atoms with Gasteiger partial charge in [-0.05, 0) is 24.6 Å². The maximum atomic E-state index is 11.7. The van der Waals surface area contributed by atoms with Crippen LogP contribution in [0.25, 0.3) is 0 Å². The van der Waals surface area contributed by atoms with E-state index in [0.29, 0.717) is 17.3 Å². The van der Waals surface area contributed by atoms with Gasteiger partial charge in [-0.2, -0.15) is 5.10 Å². The van der Waals surface area contributed by atoms with Crippen molar-refractivity contribution in [3.63, 3.8) is 0 Å². The fraction of sp³-hybridized carbons (Fsp3) is 0.231. The van der Waals surface area contributed by atoms with E-state index in [1.807, 2.05) is 31.2 Å². The zero-order valence-corrected chi connectivity index (χ0v) is 10.6. The number of H-pyrrole nitrogens is 1. The maximum absolute atomic E-state index is 11.7. The summed E-state index contributed by atoms with van der Waals surface area (Å²) in [5.41, 5.74) is 3.14. The van der Waals surface area contributed by atoms with Crippen molar-refractivity contribution in [1.29, 1.82) is 0 Å². The fourth-order valence-corrected chi connectivity index (χ4v) is 2.54. The molecule has 1 aromatic heterocycles. The zero-order valence-electron chi connectivity index (χ0n) is 9.83. The largest absolute Gasteiger partial charge is 0.309 e. The molecule has 0 aliphatic carbocycles. The van der Waals surface area contributed by atoms with E-state index in [2.05, 4.69) is 15.5 Å². The van der Waals surface area contributed by atoms with Crippen molar-refractivity contribution in [2.24, 2.45) is 0 Å². The van der Waals surface area contributed by atoms with Crippen LogP contribution in [0.2, 0.25) is 5.02 Å². The highest BCUT2D eigenvalue weighted by Crippen LogP contribution is 2.37. The van der Waals surface area contributed by atoms with E-state index in [-0.39, 0.29) is 11.8 Å². The average molecular weight is 262 g/mol. The maximum Gasteiger partial charge on any atom is 0.226 e. The normalized spacial score (nSPS) is 18.3. The lowest BCUT2D eigenvalue weighted by Gasteiger charge is -2.22. The Morgan fingerprint density at radius 3 is 2.78 bits per heavy atom. The van der Waals surface area contributed by atoms with Crippen LogP contribution in [-0.4, -0.2) is 16.1 Å². The summed E-state index contributed by atoms with van der Waals surface area (Å²) in [7, 11) is 0. The van der Waals surface area contributed by atoms with E-state index in [0.717, 1.165) is 16.8 Å². The number of hydrogen-bond donors (Lipinski definition) is 2. The molecule has 0 fully saturated rings. The highest BCUT2D eigenvalue weighted by molar-refractivity contribution is 6.30. The second-order valence-corrected chi connectivity index (χ2v) is 4.90. The molecule has 2 aromatic rings. The molecule has 0 radical (unpaired) electrons. The van der Waals surface area contributed by atoms with E-state index in [1.54, 1.807) is 0 Å². The summed E-state index contributed by atoms with van der Waals surface area (Å²) in [6.07, 6.45) is 0.439. The molecule has 2 N–H and O–H groups in total. The van der Waals surface area contributed by atoms with Crippen molar-refractivity contribution in [3.05, 3.63) is 46.1 Å². The molecule has 0 saturated heterocycles. The van der Waals surface area contributed by atoms with Gasteiger partial charge in [0.05, 0.1) is 0 Å². The number of nitrogens with one attached hydrogen (secondary N) is 2. The Morgan fingerprint density at radius 1 is 1.33 bits per heavy atom. The predicted octanol–water partition coefficient (Wildman–Crippen LogP) is 2.85. The number of rotatable bonds is 1. The van der Waals surface area contributed by atoms with Crippen LogP contribution in [0.15, 0.2) is 24.3 Å². The Balaban J connectivity index is 2.09. The molecule has 1 unspecified atom stereocenters. The van der Waals surface area contributed by atoms with Gasteiger partial charge >= 0.3 is 0 Å². The molecule has 1 atom stereocenters. The number of aromatic amines is 1. The van der Waals surface area contributed by atoms with Gasteiger partial charge < -0.3 is 5.32 Å². The number of amides is 1. The number of aryl methyl sites for hydroxylation is 1. The van der Waals surface area contributed by atoms with Crippen LogP contribution in [0, 0.1) is 6.92 Å². The Hall–Kier alpha value is -1.81. The van der Waals surface area contributed by atoms with Gasteiger partial charge in [-0.1, -0.05) is 23.7 Å². The molecule has 5 heteroatoms. The molecular weight excluding hydrogens is 250 g/mol. The topological polar surface area (TPSA) is 57.8 Å². The third-order valence-corrected chi connectivity index (χ3v) is 3.51. The molecular formula is C13H12ClN3O. The van der Waals surface area contributed by atoms with Crippen molar-refractivity contribution < 1.29 is 4.79 Å². The number of carbonyl (C=O) groups is 1. The SMILES string of the molecule is Cc1[nH]nc2c1C(c1ccc(Cl)cc1)CC(=O)N2. The van der Waals surface area contributed by atoms with Gasteiger partial charge in [-0.15, -0.1) is 0 Å². The first-order chi connectivity index (χ1) is 8.65. The average Bonchev–Trinajstić information content (AvgIpc) is 2.71. The van der Waals surface area contributed by atoms with E-state index in [9.17, 15) is 4.79 Å². The summed E-state index contributed by atoms with van der Waals surface area (Å²) >= 11 is 5.89. The van der Waals surface area contributed by atoms with Crippen molar-refractivity contribution in [1.82, 2.24) is 10.2 Å². The fourth-order valence-electron chi connectivity index (χ4n) is 2.41. The van der Waals surface area contributed by atoms with Crippen LogP contribution in [0.5, 0.6) is 0 Å². The third kappa shape index (κ3) is 1.78. The molecule has 92 valence electrons. The minimum atomic E-state index is -0.00560. The highest BCUT2D eigenvalue weighted by atomic mass is 35.5. The van der Waals surface area contributed by atoms with Gasteiger partial charge in [0.2, 0.25) is 5.91 Å². The lowest BCUT2D eigenvalue weighted by molar-refractivity contribution is -0.116. The van der Waals surface area contributed by atoms with Crippen molar-refractivity contribution in [2.45, 2.75) is 19.3 Å². The molecule has 0 spiro atoms. The van der Waals surface area contributed by atoms with Gasteiger partial charge in [0.15, 0.2) is 5.82 Å². The molecule has 1 aromatic carbocycles. The van der Waals surface area contributed by atoms with E-state index in [4.69, 9.17) is 11.6 Å². The van der Waals surface area contributed by atoms with Gasteiger partial charge in [-0.25, -0.2) is 0 Å². The van der Waals surface area contributed by atoms with Crippen LogP contribution < -0.4 is 5.32 Å². The summed E-state index contributed by atoms with van der Waals surface area (Å²) < 4.78 is 0. The number of hydrogen-bond acceptors (Lipinski definition) is 2. The lowest BCUT2D eigenvalue weighted by atomic mass is 9.86. The van der Waals surface area contributed by atoms with E-state index >= 15 is 0 Å². The first-order valence-corrected chi connectivity index (χ1v) is 6.13. The van der Waals surface area contributed by atoms with Crippen LogP contribution in [0.4, 0.5) is 5.82 Å². The summed E-state index contributed by atoms with van der Waals surface area (Å²) in [5.74, 6) is 0.683. The second kappa shape index (κ2) is 4.14. The lowest BCUT2D eigenvalue weighted by Crippen LogP contribution is -2.23. The number of halogens is 1. The van der Waals surface area contributed by atoms with Gasteiger partial charge in [-0.3, -0.25) is 9.89 Å². The smallest absolute Gasteiger partial charge is 0.226 e. The molecule has 1 amide bonds. The van der Waals surface area contributed by atoms with Gasteiger partial charge in [0.25, 0.3) is 0 Å². The first kappa shape index (κ1) is 11.3. The quantitative estimate of drug-likeness (QED) is 0.829. The molecule has 1 aliphatic heterocycles. The number of anilines is 1. The molecule has 18 heavy (non-hydrogen) atoms. The van der Waals surface area contributed by atoms with Gasteiger partial charge in [0, 0.05) is 28.6 Å². The van der Waals surface area contributed by atoms with E-state index in [1.165, 1.54) is 0 Å². The molecule has 2 heterocycles. The summed E-state index contributed by atoms with van der Waals surface area (Å²) in [4.78, 5) is 11.7.